The first-order valence-corrected chi connectivity index (χ1v) is 5.72. The van der Waals surface area contributed by atoms with Crippen LogP contribution in [0.2, 0.25) is 0 Å². The summed E-state index contributed by atoms with van der Waals surface area (Å²) in [6.45, 7) is -0.202. The summed E-state index contributed by atoms with van der Waals surface area (Å²) >= 11 is 0. The van der Waals surface area contributed by atoms with Crippen molar-refractivity contribution in [2.45, 2.75) is 6.61 Å². The average molecular weight is 217 g/mol. The van der Waals surface area contributed by atoms with Gasteiger partial charge in [-0.05, 0) is 17.7 Å². The SMILES string of the molecule is CS(=O)(=O)Nc1ccc(CO)cc1O. The number of hydrogen-bond donors (Lipinski definition) is 3. The van der Waals surface area contributed by atoms with Gasteiger partial charge in [0.1, 0.15) is 5.75 Å². The van der Waals surface area contributed by atoms with E-state index in [1.165, 1.54) is 18.2 Å². The van der Waals surface area contributed by atoms with Gasteiger partial charge in [0.05, 0.1) is 18.6 Å². The highest BCUT2D eigenvalue weighted by molar-refractivity contribution is 7.92. The van der Waals surface area contributed by atoms with Crippen LogP contribution in [0.25, 0.3) is 0 Å². The van der Waals surface area contributed by atoms with Gasteiger partial charge in [0.2, 0.25) is 10.0 Å². The Balaban J connectivity index is 3.01. The van der Waals surface area contributed by atoms with Gasteiger partial charge in [-0.2, -0.15) is 0 Å². The molecule has 0 radical (unpaired) electrons. The Bertz CT molecular complexity index is 427. The van der Waals surface area contributed by atoms with Crippen molar-refractivity contribution >= 4 is 15.7 Å². The molecule has 0 aromatic heterocycles. The van der Waals surface area contributed by atoms with Gasteiger partial charge >= 0.3 is 0 Å². The zero-order chi connectivity index (χ0) is 10.8. The zero-order valence-corrected chi connectivity index (χ0v) is 8.37. The smallest absolute Gasteiger partial charge is 0.229 e. The molecule has 0 spiro atoms. The van der Waals surface area contributed by atoms with Crippen LogP contribution in [0, 0.1) is 0 Å². The topological polar surface area (TPSA) is 86.6 Å². The number of nitrogens with one attached hydrogen (secondary N) is 1. The van der Waals surface area contributed by atoms with Gasteiger partial charge in [-0.1, -0.05) is 6.07 Å². The van der Waals surface area contributed by atoms with Crippen LogP contribution in [-0.2, 0) is 16.6 Å². The van der Waals surface area contributed by atoms with Crippen LogP contribution in [0.1, 0.15) is 5.56 Å². The van der Waals surface area contributed by atoms with Crippen molar-refractivity contribution < 1.29 is 18.6 Å². The van der Waals surface area contributed by atoms with Gasteiger partial charge in [0.25, 0.3) is 0 Å². The van der Waals surface area contributed by atoms with E-state index >= 15 is 0 Å². The molecule has 0 saturated heterocycles. The van der Waals surface area contributed by atoms with Crippen molar-refractivity contribution in [3.05, 3.63) is 23.8 Å². The summed E-state index contributed by atoms with van der Waals surface area (Å²) in [5, 5.41) is 18.1. The lowest BCUT2D eigenvalue weighted by molar-refractivity contribution is 0.281. The molecule has 1 aromatic carbocycles. The second kappa shape index (κ2) is 3.85. The third-order valence-electron chi connectivity index (χ3n) is 1.54. The maximum Gasteiger partial charge on any atom is 0.229 e. The van der Waals surface area contributed by atoms with Crippen LogP contribution in [0.3, 0.4) is 0 Å². The average Bonchev–Trinajstić information content (AvgIpc) is 2.06. The Morgan fingerprint density at radius 3 is 2.50 bits per heavy atom. The van der Waals surface area contributed by atoms with E-state index in [1.54, 1.807) is 0 Å². The van der Waals surface area contributed by atoms with Crippen molar-refractivity contribution in [1.82, 2.24) is 0 Å². The van der Waals surface area contributed by atoms with E-state index in [1.807, 2.05) is 0 Å². The monoisotopic (exact) mass is 217 g/mol. The Hall–Kier alpha value is -1.27. The summed E-state index contributed by atoms with van der Waals surface area (Å²) in [6.07, 6.45) is 0.992. The molecular weight excluding hydrogens is 206 g/mol. The summed E-state index contributed by atoms with van der Waals surface area (Å²) in [5.41, 5.74) is 0.617. The van der Waals surface area contributed by atoms with E-state index in [0.717, 1.165) is 6.26 Å². The number of benzene rings is 1. The zero-order valence-electron chi connectivity index (χ0n) is 7.56. The molecule has 0 unspecified atom stereocenters. The second-order valence-corrected chi connectivity index (χ2v) is 4.63. The summed E-state index contributed by atoms with van der Waals surface area (Å²) in [7, 11) is -3.39. The third-order valence-corrected chi connectivity index (χ3v) is 2.13. The number of rotatable bonds is 3. The van der Waals surface area contributed by atoms with Gasteiger partial charge in [-0.15, -0.1) is 0 Å². The number of phenolic OH excluding ortho intramolecular Hbond substituents is 1. The minimum absolute atomic E-state index is 0.102. The fourth-order valence-electron chi connectivity index (χ4n) is 0.962. The molecule has 0 amide bonds. The maximum absolute atomic E-state index is 10.8. The highest BCUT2D eigenvalue weighted by atomic mass is 32.2. The third kappa shape index (κ3) is 2.90. The van der Waals surface area contributed by atoms with Crippen LogP contribution in [0.4, 0.5) is 5.69 Å². The van der Waals surface area contributed by atoms with Crippen LogP contribution in [0.15, 0.2) is 18.2 Å². The molecule has 1 aromatic rings. The maximum atomic E-state index is 10.8. The number of aliphatic hydroxyl groups is 1. The molecule has 0 bridgehead atoms. The van der Waals surface area contributed by atoms with Gasteiger partial charge in [-0.25, -0.2) is 8.42 Å². The Labute approximate surface area is 82.1 Å². The first-order chi connectivity index (χ1) is 6.42. The molecular formula is C8H11NO4S. The largest absolute Gasteiger partial charge is 0.506 e. The second-order valence-electron chi connectivity index (χ2n) is 2.88. The van der Waals surface area contributed by atoms with Crippen LogP contribution in [-0.4, -0.2) is 24.9 Å². The molecule has 0 aliphatic rings. The Morgan fingerprint density at radius 1 is 1.43 bits per heavy atom. The van der Waals surface area contributed by atoms with Gasteiger partial charge < -0.3 is 10.2 Å². The molecule has 0 heterocycles. The lowest BCUT2D eigenvalue weighted by atomic mass is 10.2. The molecule has 0 aliphatic carbocycles. The van der Waals surface area contributed by atoms with E-state index in [-0.39, 0.29) is 18.0 Å². The van der Waals surface area contributed by atoms with E-state index in [9.17, 15) is 13.5 Å². The van der Waals surface area contributed by atoms with E-state index in [2.05, 4.69) is 4.72 Å². The Kier molecular flexibility index (Phi) is 2.97. The summed E-state index contributed by atoms with van der Waals surface area (Å²) in [4.78, 5) is 0. The number of phenols is 1. The fourth-order valence-corrected chi connectivity index (χ4v) is 1.53. The standard InChI is InChI=1S/C8H11NO4S/c1-14(12,13)9-7-3-2-6(5-10)4-8(7)11/h2-4,9-11H,5H2,1H3. The highest BCUT2D eigenvalue weighted by Gasteiger charge is 2.06. The lowest BCUT2D eigenvalue weighted by Crippen LogP contribution is -2.09. The van der Waals surface area contributed by atoms with Crippen LogP contribution < -0.4 is 4.72 Å². The first kappa shape index (κ1) is 10.8. The molecule has 14 heavy (non-hydrogen) atoms. The highest BCUT2D eigenvalue weighted by Crippen LogP contribution is 2.24. The van der Waals surface area contributed by atoms with Crippen molar-refractivity contribution in [3.8, 4) is 5.75 Å². The number of sulfonamides is 1. The Morgan fingerprint density at radius 2 is 2.07 bits per heavy atom. The fraction of sp³-hybridized carbons (Fsp3) is 0.250. The molecule has 0 aliphatic heterocycles. The van der Waals surface area contributed by atoms with E-state index in [0.29, 0.717) is 5.56 Å². The predicted molar refractivity (Wildman–Crippen MR) is 52.5 cm³/mol. The van der Waals surface area contributed by atoms with Gasteiger partial charge in [-0.3, -0.25) is 4.72 Å². The van der Waals surface area contributed by atoms with Crippen molar-refractivity contribution in [1.29, 1.82) is 0 Å². The molecule has 0 saturated carbocycles. The molecule has 1 rings (SSSR count). The lowest BCUT2D eigenvalue weighted by Gasteiger charge is -2.06. The van der Waals surface area contributed by atoms with Gasteiger partial charge in [0.15, 0.2) is 0 Å². The van der Waals surface area contributed by atoms with Gasteiger partial charge in [0, 0.05) is 0 Å². The summed E-state index contributed by atoms with van der Waals surface area (Å²) < 4.78 is 23.8. The molecule has 6 heteroatoms. The van der Waals surface area contributed by atoms with Crippen molar-refractivity contribution in [2.75, 3.05) is 11.0 Å². The minimum Gasteiger partial charge on any atom is -0.506 e. The van der Waals surface area contributed by atoms with Crippen LogP contribution in [0.5, 0.6) is 5.75 Å². The van der Waals surface area contributed by atoms with Crippen LogP contribution >= 0.6 is 0 Å². The quantitative estimate of drug-likeness (QED) is 0.634. The van der Waals surface area contributed by atoms with E-state index < -0.39 is 10.0 Å². The number of anilines is 1. The molecule has 0 atom stereocenters. The molecule has 3 N–H and O–H groups in total. The number of aliphatic hydroxyl groups excluding tert-OH is 1. The first-order valence-electron chi connectivity index (χ1n) is 3.83. The molecule has 78 valence electrons. The van der Waals surface area contributed by atoms with E-state index in [4.69, 9.17) is 5.11 Å². The van der Waals surface area contributed by atoms with Crippen molar-refractivity contribution in [2.24, 2.45) is 0 Å². The summed E-state index contributed by atoms with van der Waals surface area (Å²) in [6, 6.07) is 4.21. The minimum atomic E-state index is -3.39. The molecule has 5 nitrogen and oxygen atoms in total. The number of hydrogen-bond acceptors (Lipinski definition) is 4. The number of aromatic hydroxyl groups is 1. The predicted octanol–water partition coefficient (Wildman–Crippen LogP) is 0.256. The van der Waals surface area contributed by atoms with Crippen molar-refractivity contribution in [3.63, 3.8) is 0 Å². The summed E-state index contributed by atoms with van der Waals surface area (Å²) in [5.74, 6) is -0.207. The normalized spacial score (nSPS) is 11.3. The molecule has 0 fully saturated rings.